The molecule has 4 N–H and O–H groups in total. The van der Waals surface area contributed by atoms with Crippen LogP contribution >= 0.6 is 92.5 Å². The molecular formula is C81H70Cl4F9N11O2S4. The fourth-order valence-electron chi connectivity index (χ4n) is 15.7. The van der Waals surface area contributed by atoms with Gasteiger partial charge >= 0.3 is 0 Å². The van der Waals surface area contributed by atoms with Crippen LogP contribution in [0, 0.1) is 42.9 Å². The van der Waals surface area contributed by atoms with E-state index in [0.717, 1.165) is 128 Å². The minimum absolute atomic E-state index is 0.0642. The largest absolute Gasteiger partial charge is 0.508 e. The van der Waals surface area contributed by atoms with Crippen LogP contribution in [0.3, 0.4) is 0 Å². The first kappa shape index (κ1) is 78.0. The quantitative estimate of drug-likeness (QED) is 0.112. The molecule has 0 saturated carbocycles. The number of anilines is 4. The second kappa shape index (κ2) is 32.7. The van der Waals surface area contributed by atoms with Gasteiger partial charge in [0.15, 0.2) is 23.1 Å². The molecule has 10 heterocycles. The van der Waals surface area contributed by atoms with Crippen molar-refractivity contribution < 1.29 is 49.7 Å². The van der Waals surface area contributed by atoms with Crippen LogP contribution in [0.5, 0.6) is 11.5 Å². The van der Waals surface area contributed by atoms with Gasteiger partial charge in [0.2, 0.25) is 0 Å². The average Bonchev–Trinajstić information content (AvgIpc) is 0.830. The number of phenols is 2. The number of aromatic nitrogens is 5. The van der Waals surface area contributed by atoms with E-state index in [2.05, 4.69) is 44.2 Å². The van der Waals surface area contributed by atoms with Gasteiger partial charge in [-0.05, 0) is 224 Å². The van der Waals surface area contributed by atoms with E-state index in [0.29, 0.717) is 115 Å². The number of aliphatic imine (C=N–C) groups is 1. The number of hydrogen-bond acceptors (Lipinski definition) is 17. The number of nitrogens with zero attached hydrogens (tertiary/aromatic N) is 10. The number of alkyl halides is 4. The molecule has 13 aromatic rings. The summed E-state index contributed by atoms with van der Waals surface area (Å²) in [6.45, 7) is 10.1. The van der Waals surface area contributed by atoms with Crippen LogP contribution in [0.2, 0.25) is 20.1 Å². The highest BCUT2D eigenvalue weighted by Crippen LogP contribution is 2.50. The van der Waals surface area contributed by atoms with Crippen LogP contribution in [0.1, 0.15) is 93.4 Å². The van der Waals surface area contributed by atoms with Crippen LogP contribution in [-0.2, 0) is 6.54 Å². The number of phenolic OH excluding ortho intramolecular Hbond substituents is 2. The molecule has 5 aliphatic heterocycles. The molecule has 4 saturated heterocycles. The standard InChI is InChI=1S/C22H19ClF3N3S.C21H17ClFN3OS.C19H15ClF4N2OS.C19H19ClFN3S/c1-11-5-6-12-9-27-10-14(12)17(11)18-15(23)8-13-20(19(18)24)28-30-22(13)29-7-3-2-4-16(29)21(25)26;22-17-9-16-20(25-28-21(16)26-6-5-12(24)10-26)19(23)18(17)15-8-13(27)7-11-3-1-2-4-14(11)15;20-10-8-9-17(16(22)14(10)15-11(21)4-3-6-13(15)27)25-28-19(9)26-7-2-1-5-12(26)18(23)24;1-11-6-5-8-15(21)16(11)17-14(20)10-13-18(22-17)23-25-19(13)24-9-4-3-7-12(24)2/h5-6,8,10,16,21H,2-4,7,9H2,1H3;1-4,7-9,12,27H,5-6,10,24H2;3-4,6,8,12,18,27H,1-2,5,7H2;5-6,8,10,12H,3-4,7,9H2,1-2H3/t;12-;;/m.1../s1. The van der Waals surface area contributed by atoms with Gasteiger partial charge in [0.05, 0.1) is 55.4 Å². The summed E-state index contributed by atoms with van der Waals surface area (Å²) in [4.78, 5) is 16.7. The van der Waals surface area contributed by atoms with Crippen LogP contribution in [0.15, 0.2) is 114 Å². The number of rotatable bonds is 10. The van der Waals surface area contributed by atoms with Gasteiger partial charge in [-0.2, -0.15) is 17.5 Å². The Morgan fingerprint density at radius 2 is 1.02 bits per heavy atom. The number of halogens is 13. The number of nitrogens with two attached hydrogens (primary N) is 1. The number of hydrogen-bond donors (Lipinski definition) is 3. The van der Waals surface area contributed by atoms with E-state index in [1.54, 1.807) is 46.3 Å². The molecule has 111 heavy (non-hydrogen) atoms. The third-order valence-corrected chi connectivity index (χ3v) is 26.0. The van der Waals surface area contributed by atoms with Gasteiger partial charge in [-0.3, -0.25) is 4.99 Å². The molecule has 0 spiro atoms. The Labute approximate surface area is 669 Å². The molecule has 0 bridgehead atoms. The summed E-state index contributed by atoms with van der Waals surface area (Å²) in [6, 6.07) is 28.8. The van der Waals surface area contributed by atoms with Crippen LogP contribution < -0.4 is 25.3 Å². The van der Waals surface area contributed by atoms with Crippen molar-refractivity contribution in [1.82, 2.24) is 22.5 Å². The summed E-state index contributed by atoms with van der Waals surface area (Å²) < 4.78 is 147. The molecule has 8 aromatic carbocycles. The molecule has 3 unspecified atom stereocenters. The fraction of sp³-hybridized carbons (Fsp3) is 0.309. The first-order chi connectivity index (χ1) is 53.4. The molecule has 18 rings (SSSR count). The number of aromatic hydroxyl groups is 2. The predicted molar refractivity (Wildman–Crippen MR) is 437 cm³/mol. The minimum Gasteiger partial charge on any atom is -0.508 e. The maximum atomic E-state index is 15.7. The maximum absolute atomic E-state index is 15.7. The second-order valence-corrected chi connectivity index (χ2v) is 32.9. The lowest BCUT2D eigenvalue weighted by atomic mass is 9.91. The summed E-state index contributed by atoms with van der Waals surface area (Å²) in [5.41, 5.74) is 12.8. The third kappa shape index (κ3) is 15.0. The van der Waals surface area contributed by atoms with Gasteiger partial charge < -0.3 is 35.5 Å². The van der Waals surface area contributed by atoms with Gasteiger partial charge in [0, 0.05) is 95.0 Å². The van der Waals surface area contributed by atoms with Crippen molar-refractivity contribution >= 4 is 173 Å². The Kier molecular flexibility index (Phi) is 22.9. The minimum atomic E-state index is -2.53. The van der Waals surface area contributed by atoms with Crippen molar-refractivity contribution in [1.29, 1.82) is 0 Å². The Morgan fingerprint density at radius 1 is 0.495 bits per heavy atom. The van der Waals surface area contributed by atoms with Gasteiger partial charge in [0.25, 0.3) is 12.9 Å². The summed E-state index contributed by atoms with van der Waals surface area (Å²) >= 11 is 30.6. The SMILES string of the molecule is Cc1ccc2c(c1-c1c(Cl)cc3c(N4CCCCC4C(F)F)snc3c1F)C=NC2.Cc1cccc(F)c1-c1nc2nsc(N3CCCCC3C)c2cc1Cl.N[C@@H]1CCN(c2snc3c(F)c(-c4cc(O)cc5ccccc45)c(Cl)cc23)C1.Oc1cccc(F)c1-c1c(Cl)cc2c(N3CCCCC3C(F)F)snc2c1F. The lowest BCUT2D eigenvalue weighted by Crippen LogP contribution is -2.43. The Morgan fingerprint density at radius 3 is 1.61 bits per heavy atom. The van der Waals surface area contributed by atoms with Crippen molar-refractivity contribution in [2.24, 2.45) is 10.7 Å². The zero-order chi connectivity index (χ0) is 78.0. The van der Waals surface area contributed by atoms with Crippen molar-refractivity contribution in [2.45, 2.75) is 129 Å². The molecule has 5 aliphatic rings. The van der Waals surface area contributed by atoms with E-state index in [4.69, 9.17) is 52.1 Å². The molecule has 0 radical (unpaired) electrons. The van der Waals surface area contributed by atoms with Gasteiger partial charge in [-0.15, -0.1) is 0 Å². The van der Waals surface area contributed by atoms with Crippen molar-refractivity contribution in [3.05, 3.63) is 181 Å². The first-order valence-electron chi connectivity index (χ1n) is 36.2. The van der Waals surface area contributed by atoms with Crippen molar-refractivity contribution in [2.75, 3.05) is 52.3 Å². The maximum Gasteiger partial charge on any atom is 0.258 e. The Balaban J connectivity index is 0.000000118. The Bertz CT molecular complexity index is 5730. The van der Waals surface area contributed by atoms with E-state index >= 15 is 13.2 Å². The zero-order valence-corrected chi connectivity index (χ0v) is 66.0. The normalized spacial score (nSPS) is 17.9. The number of fused-ring (bicyclic) bond motifs is 6. The lowest BCUT2D eigenvalue weighted by molar-refractivity contribution is 0.100. The van der Waals surface area contributed by atoms with E-state index in [1.165, 1.54) is 66.6 Å². The molecule has 0 amide bonds. The lowest BCUT2D eigenvalue weighted by Gasteiger charge is -2.35. The monoisotopic (exact) mass is 1670 g/mol. The van der Waals surface area contributed by atoms with Crippen molar-refractivity contribution in [3.8, 4) is 56.1 Å². The molecule has 13 nitrogen and oxygen atoms in total. The van der Waals surface area contributed by atoms with E-state index in [1.807, 2.05) is 62.4 Å². The number of pyridine rings is 1. The molecule has 0 aliphatic carbocycles. The Hall–Kier alpha value is -8.31. The molecular weight excluding hydrogens is 1600 g/mol. The topological polar surface area (TPSA) is 156 Å². The van der Waals surface area contributed by atoms with Gasteiger partial charge in [0.1, 0.15) is 59.7 Å². The zero-order valence-electron chi connectivity index (χ0n) is 59.7. The van der Waals surface area contributed by atoms with E-state index in [-0.39, 0.29) is 55.4 Å². The molecule has 4 atom stereocenters. The van der Waals surface area contributed by atoms with Crippen LogP contribution in [0.25, 0.3) is 99.2 Å². The van der Waals surface area contributed by atoms with E-state index in [9.17, 15) is 36.6 Å². The molecule has 5 aromatic heterocycles. The molecule has 4 fully saturated rings. The highest BCUT2D eigenvalue weighted by molar-refractivity contribution is 7.13. The fourth-order valence-corrected chi connectivity index (χ4v) is 20.5. The summed E-state index contributed by atoms with van der Waals surface area (Å²) in [5.74, 6) is -3.40. The summed E-state index contributed by atoms with van der Waals surface area (Å²) in [7, 11) is 0. The average molecular weight is 1670 g/mol. The van der Waals surface area contributed by atoms with Gasteiger partial charge in [-0.1, -0.05) is 101 Å². The highest BCUT2D eigenvalue weighted by Gasteiger charge is 2.37. The van der Waals surface area contributed by atoms with Gasteiger partial charge in [-0.25, -0.2) is 44.5 Å². The number of aryl methyl sites for hydroxylation is 2. The second-order valence-electron chi connectivity index (χ2n) is 28.3. The molecule has 30 heteroatoms. The number of benzene rings is 8. The summed E-state index contributed by atoms with van der Waals surface area (Å²) in [6.07, 6.45) is 5.11. The first-order valence-corrected chi connectivity index (χ1v) is 40.8. The molecule has 576 valence electrons. The van der Waals surface area contributed by atoms with Crippen LogP contribution in [-0.4, -0.2) is 109 Å². The highest BCUT2D eigenvalue weighted by atomic mass is 35.5. The third-order valence-electron chi connectivity index (χ3n) is 21.2. The summed E-state index contributed by atoms with van der Waals surface area (Å²) in [5, 5.41) is 28.1. The smallest absolute Gasteiger partial charge is 0.258 e. The van der Waals surface area contributed by atoms with Crippen molar-refractivity contribution in [3.63, 3.8) is 0 Å². The van der Waals surface area contributed by atoms with Crippen LogP contribution in [0.4, 0.5) is 59.5 Å². The van der Waals surface area contributed by atoms with E-state index < -0.39 is 54.0 Å². The number of piperidine rings is 3. The predicted octanol–water partition coefficient (Wildman–Crippen LogP) is 23.8.